The molecule has 114 valence electrons. The molecule has 1 amide bonds. The second-order valence-electron chi connectivity index (χ2n) is 5.10. The van der Waals surface area contributed by atoms with Crippen molar-refractivity contribution in [3.05, 3.63) is 23.8 Å². The first-order valence-corrected chi connectivity index (χ1v) is 6.71. The molecule has 1 aliphatic rings. The van der Waals surface area contributed by atoms with Gasteiger partial charge in [0.15, 0.2) is 0 Å². The lowest BCUT2D eigenvalue weighted by Gasteiger charge is -2.45. The number of nitrogens with zero attached hydrogens (tertiary/aromatic N) is 1. The molecule has 2 atom stereocenters. The maximum Gasteiger partial charge on any atom is 0.305 e. The molecule has 2 unspecified atom stereocenters. The van der Waals surface area contributed by atoms with Gasteiger partial charge >= 0.3 is 5.97 Å². The summed E-state index contributed by atoms with van der Waals surface area (Å²) in [7, 11) is 3.12. The number of hydrogen-bond acceptors (Lipinski definition) is 4. The summed E-state index contributed by atoms with van der Waals surface area (Å²) in [6, 6.07) is 5.10. The van der Waals surface area contributed by atoms with Gasteiger partial charge < -0.3 is 19.5 Å². The number of hydrogen-bond donors (Lipinski definition) is 1. The number of ether oxygens (including phenoxy) is 2. The zero-order valence-corrected chi connectivity index (χ0v) is 12.3. The molecule has 1 N–H and O–H groups in total. The van der Waals surface area contributed by atoms with E-state index in [1.54, 1.807) is 38.2 Å². The standard InChI is InChI=1S/C15H19NO5/c1-9-12(7-14(17)18)16(15(9)19)8-10-4-5-11(20-2)6-13(10)21-3/h4-6,9,12H,7-8H2,1-3H3,(H,17,18). The van der Waals surface area contributed by atoms with Gasteiger partial charge in [0.25, 0.3) is 0 Å². The van der Waals surface area contributed by atoms with E-state index in [0.29, 0.717) is 18.0 Å². The molecular formula is C15H19NO5. The highest BCUT2D eigenvalue weighted by Gasteiger charge is 2.45. The predicted octanol–water partition coefficient (Wildman–Crippen LogP) is 1.53. The van der Waals surface area contributed by atoms with Gasteiger partial charge in [0, 0.05) is 18.2 Å². The quantitative estimate of drug-likeness (QED) is 0.805. The van der Waals surface area contributed by atoms with Gasteiger partial charge in [-0.05, 0) is 12.1 Å². The fourth-order valence-corrected chi connectivity index (χ4v) is 2.60. The Morgan fingerprint density at radius 1 is 1.33 bits per heavy atom. The molecule has 0 bridgehead atoms. The molecule has 6 heteroatoms. The Bertz CT molecular complexity index is 557. The molecule has 1 fully saturated rings. The summed E-state index contributed by atoms with van der Waals surface area (Å²) in [4.78, 5) is 24.4. The van der Waals surface area contributed by atoms with Crippen LogP contribution in [-0.2, 0) is 16.1 Å². The number of carbonyl (C=O) groups excluding carboxylic acids is 1. The second-order valence-corrected chi connectivity index (χ2v) is 5.10. The average Bonchev–Trinajstić information content (AvgIpc) is 2.49. The number of carboxylic acid groups (broad SMARTS) is 1. The Morgan fingerprint density at radius 3 is 2.62 bits per heavy atom. The summed E-state index contributed by atoms with van der Waals surface area (Å²) in [6.45, 7) is 2.10. The Kier molecular flexibility index (Phi) is 4.35. The van der Waals surface area contributed by atoms with E-state index in [4.69, 9.17) is 14.6 Å². The van der Waals surface area contributed by atoms with E-state index < -0.39 is 5.97 Å². The Labute approximate surface area is 123 Å². The van der Waals surface area contributed by atoms with Gasteiger partial charge in [-0.15, -0.1) is 0 Å². The fraction of sp³-hybridized carbons (Fsp3) is 0.467. The highest BCUT2D eigenvalue weighted by atomic mass is 16.5. The number of carbonyl (C=O) groups is 2. The molecule has 1 heterocycles. The number of likely N-dealkylation sites (tertiary alicyclic amines) is 1. The Hall–Kier alpha value is -2.24. The average molecular weight is 293 g/mol. The number of benzene rings is 1. The molecule has 6 nitrogen and oxygen atoms in total. The number of methoxy groups -OCH3 is 2. The zero-order valence-electron chi connectivity index (χ0n) is 12.3. The molecule has 2 rings (SSSR count). The smallest absolute Gasteiger partial charge is 0.305 e. The molecular weight excluding hydrogens is 274 g/mol. The Balaban J connectivity index is 2.17. The van der Waals surface area contributed by atoms with Crippen molar-refractivity contribution in [1.29, 1.82) is 0 Å². The van der Waals surface area contributed by atoms with Crippen molar-refractivity contribution in [2.45, 2.75) is 25.9 Å². The van der Waals surface area contributed by atoms with E-state index in [9.17, 15) is 9.59 Å². The number of aliphatic carboxylic acids is 1. The normalized spacial score (nSPS) is 20.9. The largest absolute Gasteiger partial charge is 0.497 e. The predicted molar refractivity (Wildman–Crippen MR) is 75.3 cm³/mol. The molecule has 1 aromatic rings. The lowest BCUT2D eigenvalue weighted by molar-refractivity contribution is -0.159. The van der Waals surface area contributed by atoms with E-state index in [2.05, 4.69) is 0 Å². The van der Waals surface area contributed by atoms with Crippen LogP contribution in [-0.4, -0.2) is 42.1 Å². The molecule has 0 radical (unpaired) electrons. The molecule has 0 aromatic heterocycles. The summed E-state index contributed by atoms with van der Waals surface area (Å²) in [5, 5.41) is 8.93. The van der Waals surface area contributed by atoms with Crippen LogP contribution in [0.3, 0.4) is 0 Å². The van der Waals surface area contributed by atoms with Crippen molar-refractivity contribution in [3.63, 3.8) is 0 Å². The minimum Gasteiger partial charge on any atom is -0.497 e. The van der Waals surface area contributed by atoms with Crippen LogP contribution < -0.4 is 9.47 Å². The SMILES string of the molecule is COc1ccc(CN2C(=O)C(C)C2CC(=O)O)c(OC)c1. The summed E-state index contributed by atoms with van der Waals surface area (Å²) in [5.74, 6) is 0.118. The molecule has 1 aliphatic heterocycles. The number of rotatable bonds is 6. The number of β-lactam (4-membered cyclic amide) rings is 1. The van der Waals surface area contributed by atoms with Crippen LogP contribution in [0.4, 0.5) is 0 Å². The maximum absolute atomic E-state index is 11.9. The summed E-state index contributed by atoms with van der Waals surface area (Å²) < 4.78 is 10.4. The van der Waals surface area contributed by atoms with Crippen LogP contribution in [0.15, 0.2) is 18.2 Å². The van der Waals surface area contributed by atoms with E-state index in [-0.39, 0.29) is 24.3 Å². The van der Waals surface area contributed by atoms with Crippen molar-refractivity contribution >= 4 is 11.9 Å². The van der Waals surface area contributed by atoms with Crippen molar-refractivity contribution < 1.29 is 24.2 Å². The van der Waals surface area contributed by atoms with Gasteiger partial charge in [0.1, 0.15) is 11.5 Å². The highest BCUT2D eigenvalue weighted by Crippen LogP contribution is 2.33. The number of amides is 1. The lowest BCUT2D eigenvalue weighted by Crippen LogP contribution is -2.59. The highest BCUT2D eigenvalue weighted by molar-refractivity contribution is 5.87. The third-order valence-corrected chi connectivity index (χ3v) is 3.87. The van der Waals surface area contributed by atoms with Crippen LogP contribution in [0.1, 0.15) is 18.9 Å². The monoisotopic (exact) mass is 293 g/mol. The molecule has 0 spiro atoms. The van der Waals surface area contributed by atoms with E-state index in [1.165, 1.54) is 0 Å². The van der Waals surface area contributed by atoms with E-state index >= 15 is 0 Å². The molecule has 0 aliphatic carbocycles. The summed E-state index contributed by atoms with van der Waals surface area (Å²) in [5.41, 5.74) is 0.828. The topological polar surface area (TPSA) is 76.1 Å². The van der Waals surface area contributed by atoms with Crippen molar-refractivity contribution in [3.8, 4) is 11.5 Å². The summed E-state index contributed by atoms with van der Waals surface area (Å²) >= 11 is 0. The third-order valence-electron chi connectivity index (χ3n) is 3.87. The van der Waals surface area contributed by atoms with Gasteiger partial charge in [-0.3, -0.25) is 9.59 Å². The maximum atomic E-state index is 11.9. The van der Waals surface area contributed by atoms with Gasteiger partial charge in [-0.1, -0.05) is 6.92 Å². The lowest BCUT2D eigenvalue weighted by atomic mass is 9.86. The first-order valence-electron chi connectivity index (χ1n) is 6.71. The molecule has 1 saturated heterocycles. The minimum atomic E-state index is -0.897. The van der Waals surface area contributed by atoms with Crippen LogP contribution in [0.25, 0.3) is 0 Å². The Morgan fingerprint density at radius 2 is 2.05 bits per heavy atom. The van der Waals surface area contributed by atoms with Crippen LogP contribution >= 0.6 is 0 Å². The first-order chi connectivity index (χ1) is 9.97. The van der Waals surface area contributed by atoms with E-state index in [0.717, 1.165) is 5.56 Å². The van der Waals surface area contributed by atoms with Gasteiger partial charge in [0.2, 0.25) is 5.91 Å². The van der Waals surface area contributed by atoms with Gasteiger partial charge in [-0.2, -0.15) is 0 Å². The van der Waals surface area contributed by atoms with Crippen LogP contribution in [0.2, 0.25) is 0 Å². The minimum absolute atomic E-state index is 0.0286. The summed E-state index contributed by atoms with van der Waals surface area (Å²) in [6.07, 6.45) is -0.0363. The van der Waals surface area contributed by atoms with Crippen LogP contribution in [0.5, 0.6) is 11.5 Å². The van der Waals surface area contributed by atoms with Crippen molar-refractivity contribution in [1.82, 2.24) is 4.90 Å². The van der Waals surface area contributed by atoms with Crippen LogP contribution in [0, 0.1) is 5.92 Å². The van der Waals surface area contributed by atoms with Gasteiger partial charge in [0.05, 0.1) is 32.6 Å². The third kappa shape index (κ3) is 2.94. The number of carboxylic acids is 1. The second kappa shape index (κ2) is 6.03. The zero-order chi connectivity index (χ0) is 15.6. The van der Waals surface area contributed by atoms with Crippen molar-refractivity contribution in [2.75, 3.05) is 14.2 Å². The van der Waals surface area contributed by atoms with Crippen molar-refractivity contribution in [2.24, 2.45) is 5.92 Å². The molecule has 21 heavy (non-hydrogen) atoms. The molecule has 0 saturated carbocycles. The first kappa shape index (κ1) is 15.2. The molecule has 1 aromatic carbocycles. The fourth-order valence-electron chi connectivity index (χ4n) is 2.60. The van der Waals surface area contributed by atoms with E-state index in [1.807, 2.05) is 6.07 Å². The van der Waals surface area contributed by atoms with Gasteiger partial charge in [-0.25, -0.2) is 0 Å².